The third kappa shape index (κ3) is 3.12. The predicted octanol–water partition coefficient (Wildman–Crippen LogP) is 1.45. The van der Waals surface area contributed by atoms with E-state index in [9.17, 15) is 0 Å². The fraction of sp³-hybridized carbons (Fsp3) is 0.400. The van der Waals surface area contributed by atoms with E-state index in [1.807, 2.05) is 6.92 Å². The highest BCUT2D eigenvalue weighted by molar-refractivity contribution is 5.66. The standard InChI is InChI=1S/C10H16N4O/c1-3-5-12-9-8(11)10(14-7-13-9)15-6-4-2/h3,7H,1,4-6,11H2,2H3,(H,12,13,14). The Kier molecular flexibility index (Phi) is 4.40. The Labute approximate surface area is 89.4 Å². The molecule has 15 heavy (non-hydrogen) atoms. The van der Waals surface area contributed by atoms with Gasteiger partial charge in [0, 0.05) is 6.54 Å². The number of anilines is 2. The molecule has 0 aromatic carbocycles. The molecule has 0 bridgehead atoms. The van der Waals surface area contributed by atoms with Crippen molar-refractivity contribution in [1.29, 1.82) is 0 Å². The van der Waals surface area contributed by atoms with E-state index in [1.54, 1.807) is 6.08 Å². The Balaban J connectivity index is 2.75. The zero-order valence-corrected chi connectivity index (χ0v) is 8.86. The summed E-state index contributed by atoms with van der Waals surface area (Å²) in [6, 6.07) is 0. The molecule has 1 rings (SSSR count). The van der Waals surface area contributed by atoms with Crippen LogP contribution in [0.4, 0.5) is 11.5 Å². The van der Waals surface area contributed by atoms with Crippen LogP contribution in [0.1, 0.15) is 13.3 Å². The molecular weight excluding hydrogens is 192 g/mol. The number of hydrogen-bond acceptors (Lipinski definition) is 5. The summed E-state index contributed by atoms with van der Waals surface area (Å²) in [6.07, 6.45) is 4.07. The average Bonchev–Trinajstić information content (AvgIpc) is 2.26. The minimum Gasteiger partial charge on any atom is -0.476 e. The van der Waals surface area contributed by atoms with Crippen molar-refractivity contribution in [2.75, 3.05) is 24.2 Å². The van der Waals surface area contributed by atoms with Gasteiger partial charge in [-0.3, -0.25) is 0 Å². The van der Waals surface area contributed by atoms with Crippen LogP contribution >= 0.6 is 0 Å². The van der Waals surface area contributed by atoms with E-state index in [2.05, 4.69) is 21.9 Å². The molecule has 1 aromatic heterocycles. The van der Waals surface area contributed by atoms with Crippen molar-refractivity contribution in [2.24, 2.45) is 0 Å². The Hall–Kier alpha value is -1.78. The largest absolute Gasteiger partial charge is 0.476 e. The van der Waals surface area contributed by atoms with Gasteiger partial charge in [0.05, 0.1) is 6.61 Å². The van der Waals surface area contributed by atoms with Crippen molar-refractivity contribution in [3.63, 3.8) is 0 Å². The third-order valence-electron chi connectivity index (χ3n) is 1.70. The van der Waals surface area contributed by atoms with Gasteiger partial charge in [-0.15, -0.1) is 6.58 Å². The first kappa shape index (κ1) is 11.3. The SMILES string of the molecule is C=CCNc1ncnc(OCCC)c1N. The van der Waals surface area contributed by atoms with Crippen molar-refractivity contribution in [1.82, 2.24) is 9.97 Å². The molecule has 0 aliphatic heterocycles. The zero-order valence-electron chi connectivity index (χ0n) is 8.86. The van der Waals surface area contributed by atoms with Gasteiger partial charge in [-0.25, -0.2) is 4.98 Å². The fourth-order valence-corrected chi connectivity index (χ4v) is 1.00. The number of rotatable bonds is 6. The topological polar surface area (TPSA) is 73.1 Å². The molecule has 0 unspecified atom stereocenters. The maximum atomic E-state index is 5.82. The van der Waals surface area contributed by atoms with Gasteiger partial charge in [-0.05, 0) is 6.42 Å². The zero-order chi connectivity index (χ0) is 11.1. The van der Waals surface area contributed by atoms with Crippen molar-refractivity contribution in [2.45, 2.75) is 13.3 Å². The Bertz CT molecular complexity index is 327. The summed E-state index contributed by atoms with van der Waals surface area (Å²) in [4.78, 5) is 7.97. The normalized spacial score (nSPS) is 9.67. The molecule has 5 heteroatoms. The number of nitrogen functional groups attached to an aromatic ring is 1. The number of hydrogen-bond donors (Lipinski definition) is 2. The van der Waals surface area contributed by atoms with Gasteiger partial charge in [0.25, 0.3) is 0 Å². The molecule has 1 aromatic rings. The van der Waals surface area contributed by atoms with Crippen LogP contribution < -0.4 is 15.8 Å². The predicted molar refractivity (Wildman–Crippen MR) is 60.9 cm³/mol. The number of aromatic nitrogens is 2. The quantitative estimate of drug-likeness (QED) is 0.692. The number of nitrogens with one attached hydrogen (secondary N) is 1. The molecule has 0 saturated carbocycles. The van der Waals surface area contributed by atoms with Crippen molar-refractivity contribution in [3.8, 4) is 5.88 Å². The highest BCUT2D eigenvalue weighted by Crippen LogP contribution is 2.24. The van der Waals surface area contributed by atoms with Crippen LogP contribution in [0.5, 0.6) is 5.88 Å². The van der Waals surface area contributed by atoms with Crippen LogP contribution in [-0.4, -0.2) is 23.1 Å². The van der Waals surface area contributed by atoms with Crippen molar-refractivity contribution in [3.05, 3.63) is 19.0 Å². The summed E-state index contributed by atoms with van der Waals surface area (Å²) in [7, 11) is 0. The molecule has 0 spiro atoms. The van der Waals surface area contributed by atoms with Crippen LogP contribution in [-0.2, 0) is 0 Å². The minimum atomic E-state index is 0.429. The molecular formula is C10H16N4O. The summed E-state index contributed by atoms with van der Waals surface area (Å²) in [5, 5.41) is 3.01. The molecule has 0 amide bonds. The molecule has 0 radical (unpaired) electrons. The lowest BCUT2D eigenvalue weighted by Crippen LogP contribution is -2.08. The average molecular weight is 208 g/mol. The molecule has 0 saturated heterocycles. The van der Waals surface area contributed by atoms with Crippen LogP contribution in [0.25, 0.3) is 0 Å². The first-order valence-electron chi connectivity index (χ1n) is 4.87. The van der Waals surface area contributed by atoms with Crippen LogP contribution in [0.3, 0.4) is 0 Å². The summed E-state index contributed by atoms with van der Waals surface area (Å²) < 4.78 is 5.36. The number of ether oxygens (including phenoxy) is 1. The lowest BCUT2D eigenvalue weighted by molar-refractivity contribution is 0.307. The summed E-state index contributed by atoms with van der Waals surface area (Å²) in [6.45, 7) is 6.83. The van der Waals surface area contributed by atoms with Crippen LogP contribution in [0.15, 0.2) is 19.0 Å². The van der Waals surface area contributed by atoms with Gasteiger partial charge >= 0.3 is 0 Å². The second-order valence-electron chi connectivity index (χ2n) is 2.96. The maximum absolute atomic E-state index is 5.82. The molecule has 3 N–H and O–H groups in total. The first-order chi connectivity index (χ1) is 7.29. The van der Waals surface area contributed by atoms with Gasteiger partial charge in [0.1, 0.15) is 12.0 Å². The van der Waals surface area contributed by atoms with E-state index < -0.39 is 0 Å². The Morgan fingerprint density at radius 3 is 3.07 bits per heavy atom. The van der Waals surface area contributed by atoms with Crippen LogP contribution in [0, 0.1) is 0 Å². The molecule has 0 atom stereocenters. The van der Waals surface area contributed by atoms with Gasteiger partial charge in [-0.1, -0.05) is 13.0 Å². The van der Waals surface area contributed by atoms with Crippen molar-refractivity contribution >= 4 is 11.5 Å². The van der Waals surface area contributed by atoms with E-state index in [-0.39, 0.29) is 0 Å². The van der Waals surface area contributed by atoms with E-state index in [0.717, 1.165) is 6.42 Å². The van der Waals surface area contributed by atoms with Crippen molar-refractivity contribution < 1.29 is 4.74 Å². The molecule has 0 aliphatic carbocycles. The Morgan fingerprint density at radius 1 is 1.60 bits per heavy atom. The summed E-state index contributed by atoms with van der Waals surface area (Å²) >= 11 is 0. The molecule has 1 heterocycles. The molecule has 5 nitrogen and oxygen atoms in total. The monoisotopic (exact) mass is 208 g/mol. The highest BCUT2D eigenvalue weighted by atomic mass is 16.5. The van der Waals surface area contributed by atoms with E-state index in [4.69, 9.17) is 10.5 Å². The van der Waals surface area contributed by atoms with Gasteiger partial charge in [0.15, 0.2) is 5.82 Å². The number of nitrogens with zero attached hydrogens (tertiary/aromatic N) is 2. The fourth-order valence-electron chi connectivity index (χ4n) is 1.00. The third-order valence-corrected chi connectivity index (χ3v) is 1.70. The lowest BCUT2D eigenvalue weighted by Gasteiger charge is -2.10. The van der Waals surface area contributed by atoms with E-state index in [1.165, 1.54) is 6.33 Å². The first-order valence-corrected chi connectivity index (χ1v) is 4.87. The molecule has 82 valence electrons. The van der Waals surface area contributed by atoms with Crippen LogP contribution in [0.2, 0.25) is 0 Å². The maximum Gasteiger partial charge on any atom is 0.242 e. The summed E-state index contributed by atoms with van der Waals surface area (Å²) in [5.74, 6) is 1.01. The van der Waals surface area contributed by atoms with Gasteiger partial charge < -0.3 is 15.8 Å². The lowest BCUT2D eigenvalue weighted by atomic mass is 10.4. The van der Waals surface area contributed by atoms with E-state index >= 15 is 0 Å². The van der Waals surface area contributed by atoms with E-state index in [0.29, 0.717) is 30.5 Å². The minimum absolute atomic E-state index is 0.429. The summed E-state index contributed by atoms with van der Waals surface area (Å²) in [5.41, 5.74) is 6.26. The second-order valence-corrected chi connectivity index (χ2v) is 2.96. The molecule has 0 aliphatic rings. The molecule has 0 fully saturated rings. The number of nitrogens with two attached hydrogens (primary N) is 1. The highest BCUT2D eigenvalue weighted by Gasteiger charge is 2.07. The second kappa shape index (κ2) is 5.85. The van der Waals surface area contributed by atoms with Gasteiger partial charge in [-0.2, -0.15) is 4.98 Å². The van der Waals surface area contributed by atoms with Gasteiger partial charge in [0.2, 0.25) is 5.88 Å². The smallest absolute Gasteiger partial charge is 0.242 e. The Morgan fingerprint density at radius 2 is 2.40 bits per heavy atom.